The van der Waals surface area contributed by atoms with Crippen molar-refractivity contribution < 1.29 is 9.90 Å². The maximum Gasteiger partial charge on any atom is 0.317 e. The fraction of sp³-hybridized carbons (Fsp3) is 0.647. The van der Waals surface area contributed by atoms with E-state index in [1.54, 1.807) is 20.9 Å². The summed E-state index contributed by atoms with van der Waals surface area (Å²) in [6.45, 7) is 7.47. The van der Waals surface area contributed by atoms with Crippen molar-refractivity contribution in [3.05, 3.63) is 23.9 Å². The summed E-state index contributed by atoms with van der Waals surface area (Å²) < 4.78 is 0. The Morgan fingerprint density at radius 2 is 2.09 bits per heavy atom. The molecule has 2 N–H and O–H groups in total. The van der Waals surface area contributed by atoms with Crippen molar-refractivity contribution in [2.75, 3.05) is 31.6 Å². The number of anilines is 1. The van der Waals surface area contributed by atoms with Crippen molar-refractivity contribution >= 4 is 11.8 Å². The van der Waals surface area contributed by atoms with Crippen LogP contribution in [0.1, 0.15) is 32.4 Å². The van der Waals surface area contributed by atoms with Gasteiger partial charge in [-0.05, 0) is 45.7 Å². The van der Waals surface area contributed by atoms with Crippen molar-refractivity contribution in [2.24, 2.45) is 0 Å². The third-order valence-electron chi connectivity index (χ3n) is 3.99. The average Bonchev–Trinajstić information content (AvgIpc) is 2.46. The Morgan fingerprint density at radius 1 is 1.43 bits per heavy atom. The predicted octanol–water partition coefficient (Wildman–Crippen LogP) is 1.77. The van der Waals surface area contributed by atoms with Gasteiger partial charge in [-0.15, -0.1) is 0 Å². The number of nitrogens with zero attached hydrogens (tertiary/aromatic N) is 3. The highest BCUT2D eigenvalue weighted by Gasteiger charge is 2.24. The molecule has 1 fully saturated rings. The van der Waals surface area contributed by atoms with E-state index in [9.17, 15) is 9.90 Å². The number of rotatable bonds is 4. The fourth-order valence-corrected chi connectivity index (χ4v) is 2.89. The Labute approximate surface area is 138 Å². The summed E-state index contributed by atoms with van der Waals surface area (Å²) in [5.74, 6) is 1.01. The largest absolute Gasteiger partial charge is 0.389 e. The van der Waals surface area contributed by atoms with Gasteiger partial charge in [0, 0.05) is 31.9 Å². The van der Waals surface area contributed by atoms with E-state index in [1.807, 2.05) is 25.1 Å². The van der Waals surface area contributed by atoms with Crippen LogP contribution in [0.4, 0.5) is 10.6 Å². The Morgan fingerprint density at radius 3 is 2.65 bits per heavy atom. The number of aromatic nitrogens is 1. The van der Waals surface area contributed by atoms with Crippen molar-refractivity contribution in [3.8, 4) is 0 Å². The van der Waals surface area contributed by atoms with Gasteiger partial charge in [0.25, 0.3) is 0 Å². The quantitative estimate of drug-likeness (QED) is 0.887. The summed E-state index contributed by atoms with van der Waals surface area (Å²) in [6.07, 6.45) is 1.80. The predicted molar refractivity (Wildman–Crippen MR) is 91.7 cm³/mol. The molecule has 1 aromatic heterocycles. The van der Waals surface area contributed by atoms with Gasteiger partial charge in [-0.2, -0.15) is 0 Å². The van der Waals surface area contributed by atoms with E-state index in [-0.39, 0.29) is 12.1 Å². The lowest BCUT2D eigenvalue weighted by atomic mass is 10.1. The van der Waals surface area contributed by atoms with Gasteiger partial charge in [-0.1, -0.05) is 6.07 Å². The minimum absolute atomic E-state index is 0.126. The fourth-order valence-electron chi connectivity index (χ4n) is 2.89. The molecule has 2 heterocycles. The van der Waals surface area contributed by atoms with E-state index in [0.29, 0.717) is 6.54 Å². The van der Waals surface area contributed by atoms with E-state index in [4.69, 9.17) is 0 Å². The number of hydrogen-bond acceptors (Lipinski definition) is 4. The normalized spacial score (nSPS) is 16.3. The lowest BCUT2D eigenvalue weighted by Crippen LogP contribution is -2.50. The van der Waals surface area contributed by atoms with Crippen LogP contribution >= 0.6 is 0 Å². The first kappa shape index (κ1) is 17.5. The minimum atomic E-state index is -0.883. The number of carbonyl (C=O) groups excluding carboxylic acids is 1. The topological polar surface area (TPSA) is 68.7 Å². The number of carbonyl (C=O) groups is 1. The molecule has 128 valence electrons. The standard InChI is InChI=1S/C17H28N4O2/c1-13-6-5-7-15(18-13)21-10-8-14(9-11-21)19-16(22)20(4)12-17(2,3)23/h5-7,14,23H,8-12H2,1-4H3,(H,19,22). The molecule has 2 amide bonds. The van der Waals surface area contributed by atoms with Gasteiger partial charge < -0.3 is 20.2 Å². The molecule has 0 saturated carbocycles. The molecule has 0 atom stereocenters. The van der Waals surface area contributed by atoms with Crippen LogP contribution < -0.4 is 10.2 Å². The van der Waals surface area contributed by atoms with Gasteiger partial charge in [0.2, 0.25) is 0 Å². The van der Waals surface area contributed by atoms with Gasteiger partial charge in [-0.25, -0.2) is 9.78 Å². The van der Waals surface area contributed by atoms with Crippen LogP contribution in [0.3, 0.4) is 0 Å². The lowest BCUT2D eigenvalue weighted by molar-refractivity contribution is 0.0526. The highest BCUT2D eigenvalue weighted by Crippen LogP contribution is 2.18. The van der Waals surface area contributed by atoms with Crippen LogP contribution in [0.2, 0.25) is 0 Å². The summed E-state index contributed by atoms with van der Waals surface area (Å²) >= 11 is 0. The molecule has 0 radical (unpaired) electrons. The summed E-state index contributed by atoms with van der Waals surface area (Å²) in [6, 6.07) is 6.10. The summed E-state index contributed by atoms with van der Waals surface area (Å²) in [7, 11) is 1.71. The number of piperidine rings is 1. The molecule has 1 saturated heterocycles. The van der Waals surface area contributed by atoms with Crippen molar-refractivity contribution in [3.63, 3.8) is 0 Å². The second-order valence-corrected chi connectivity index (χ2v) is 7.02. The first-order chi connectivity index (χ1) is 10.7. The van der Waals surface area contributed by atoms with E-state index in [2.05, 4.69) is 15.2 Å². The number of aliphatic hydroxyl groups is 1. The van der Waals surface area contributed by atoms with Gasteiger partial charge >= 0.3 is 6.03 Å². The molecule has 0 aliphatic carbocycles. The van der Waals surface area contributed by atoms with Gasteiger partial charge in [0.1, 0.15) is 5.82 Å². The van der Waals surface area contributed by atoms with Gasteiger partial charge in [0.15, 0.2) is 0 Å². The molecule has 1 aliphatic heterocycles. The Kier molecular flexibility index (Phi) is 5.46. The van der Waals surface area contributed by atoms with E-state index < -0.39 is 5.60 Å². The Bertz CT molecular complexity index is 534. The molecule has 0 spiro atoms. The maximum atomic E-state index is 12.2. The summed E-state index contributed by atoms with van der Waals surface area (Å²) in [5, 5.41) is 12.8. The number of likely N-dealkylation sites (N-methyl/N-ethyl adjacent to an activating group) is 1. The molecule has 1 aliphatic rings. The number of aryl methyl sites for hydroxylation is 1. The van der Waals surface area contributed by atoms with Crippen molar-refractivity contribution in [2.45, 2.75) is 45.3 Å². The molecule has 23 heavy (non-hydrogen) atoms. The zero-order valence-corrected chi connectivity index (χ0v) is 14.5. The Balaban J connectivity index is 1.81. The van der Waals surface area contributed by atoms with Crippen molar-refractivity contribution in [1.29, 1.82) is 0 Å². The average molecular weight is 320 g/mol. The van der Waals surface area contributed by atoms with Crippen LogP contribution in [0.15, 0.2) is 18.2 Å². The molecule has 1 aromatic rings. The second-order valence-electron chi connectivity index (χ2n) is 7.02. The SMILES string of the molecule is Cc1cccc(N2CCC(NC(=O)N(C)CC(C)(C)O)CC2)n1. The summed E-state index contributed by atoms with van der Waals surface area (Å²) in [4.78, 5) is 20.5. The Hall–Kier alpha value is -1.82. The summed E-state index contributed by atoms with van der Waals surface area (Å²) in [5.41, 5.74) is 0.137. The third kappa shape index (κ3) is 5.39. The molecule has 6 nitrogen and oxygen atoms in total. The number of hydrogen-bond donors (Lipinski definition) is 2. The molecular weight excluding hydrogens is 292 g/mol. The molecule has 6 heteroatoms. The van der Waals surface area contributed by atoms with Crippen LogP contribution in [-0.2, 0) is 0 Å². The monoisotopic (exact) mass is 320 g/mol. The zero-order valence-electron chi connectivity index (χ0n) is 14.5. The first-order valence-corrected chi connectivity index (χ1v) is 8.17. The highest BCUT2D eigenvalue weighted by atomic mass is 16.3. The van der Waals surface area contributed by atoms with E-state index >= 15 is 0 Å². The van der Waals surface area contributed by atoms with Crippen molar-refractivity contribution in [1.82, 2.24) is 15.2 Å². The lowest BCUT2D eigenvalue weighted by Gasteiger charge is -2.34. The van der Waals surface area contributed by atoms with Crippen LogP contribution in [-0.4, -0.2) is 59.3 Å². The number of urea groups is 1. The third-order valence-corrected chi connectivity index (χ3v) is 3.99. The van der Waals surface area contributed by atoms with Gasteiger partial charge in [0.05, 0.1) is 12.1 Å². The molecule has 0 bridgehead atoms. The minimum Gasteiger partial charge on any atom is -0.389 e. The zero-order chi connectivity index (χ0) is 17.0. The van der Waals surface area contributed by atoms with E-state index in [1.165, 1.54) is 4.90 Å². The maximum absolute atomic E-state index is 12.2. The highest BCUT2D eigenvalue weighted by molar-refractivity contribution is 5.74. The van der Waals surface area contributed by atoms with Gasteiger partial charge in [-0.3, -0.25) is 0 Å². The van der Waals surface area contributed by atoms with Crippen LogP contribution in [0, 0.1) is 6.92 Å². The molecule has 0 unspecified atom stereocenters. The number of nitrogens with one attached hydrogen (secondary N) is 1. The smallest absolute Gasteiger partial charge is 0.317 e. The van der Waals surface area contributed by atoms with Crippen LogP contribution in [0.5, 0.6) is 0 Å². The van der Waals surface area contributed by atoms with Crippen LogP contribution in [0.25, 0.3) is 0 Å². The molecular formula is C17H28N4O2. The molecule has 0 aromatic carbocycles. The molecule has 2 rings (SSSR count). The van der Waals surface area contributed by atoms with E-state index in [0.717, 1.165) is 37.4 Å². The second kappa shape index (κ2) is 7.17. The first-order valence-electron chi connectivity index (χ1n) is 8.17. The number of pyridine rings is 1. The number of amides is 2.